The van der Waals surface area contributed by atoms with Crippen LogP contribution in [0.1, 0.15) is 31.6 Å². The molecule has 0 spiro atoms. The predicted octanol–water partition coefficient (Wildman–Crippen LogP) is 4.02. The summed E-state index contributed by atoms with van der Waals surface area (Å²) < 4.78 is 5.36. The Morgan fingerprint density at radius 2 is 2.33 bits per heavy atom. The molecule has 2 rings (SSSR count). The van der Waals surface area contributed by atoms with Crippen LogP contribution in [0.15, 0.2) is 45.2 Å². The SMILES string of the molecule is CC[C@H](CO)N(C/C(C)=C/c1ccco1)Cc1ccsc1. The maximum Gasteiger partial charge on any atom is 0.126 e. The molecule has 1 atom stereocenters. The zero-order valence-electron chi connectivity index (χ0n) is 12.7. The van der Waals surface area contributed by atoms with Crippen LogP contribution < -0.4 is 0 Å². The minimum atomic E-state index is 0.185. The van der Waals surface area contributed by atoms with Crippen LogP contribution in [-0.2, 0) is 6.54 Å². The fourth-order valence-corrected chi connectivity index (χ4v) is 3.08. The highest BCUT2D eigenvalue weighted by molar-refractivity contribution is 7.07. The van der Waals surface area contributed by atoms with Gasteiger partial charge >= 0.3 is 0 Å². The van der Waals surface area contributed by atoms with Gasteiger partial charge in [-0.05, 0) is 53.9 Å². The van der Waals surface area contributed by atoms with Gasteiger partial charge in [0.15, 0.2) is 0 Å². The molecule has 0 fully saturated rings. The molecule has 0 bridgehead atoms. The Morgan fingerprint density at radius 1 is 1.48 bits per heavy atom. The summed E-state index contributed by atoms with van der Waals surface area (Å²) in [4.78, 5) is 2.33. The lowest BCUT2D eigenvalue weighted by Crippen LogP contribution is -2.38. The summed E-state index contributed by atoms with van der Waals surface area (Å²) in [6.45, 7) is 6.11. The first-order chi connectivity index (χ1) is 10.2. The Morgan fingerprint density at radius 3 is 2.90 bits per heavy atom. The molecule has 3 nitrogen and oxygen atoms in total. The molecular weight excluding hydrogens is 282 g/mol. The van der Waals surface area contributed by atoms with E-state index in [9.17, 15) is 5.11 Å². The van der Waals surface area contributed by atoms with E-state index in [1.54, 1.807) is 17.6 Å². The molecule has 0 aliphatic rings. The average Bonchev–Trinajstić information content (AvgIpc) is 3.13. The van der Waals surface area contributed by atoms with Crippen LogP contribution in [0.25, 0.3) is 6.08 Å². The topological polar surface area (TPSA) is 36.6 Å². The molecule has 0 unspecified atom stereocenters. The van der Waals surface area contributed by atoms with Crippen molar-refractivity contribution in [3.05, 3.63) is 52.1 Å². The molecule has 0 saturated carbocycles. The number of nitrogens with zero attached hydrogens (tertiary/aromatic N) is 1. The number of thiophene rings is 1. The van der Waals surface area contributed by atoms with E-state index < -0.39 is 0 Å². The summed E-state index contributed by atoms with van der Waals surface area (Å²) in [6, 6.07) is 6.18. The molecule has 0 aromatic carbocycles. The quantitative estimate of drug-likeness (QED) is 0.800. The highest BCUT2D eigenvalue weighted by Crippen LogP contribution is 2.16. The molecule has 114 valence electrons. The highest BCUT2D eigenvalue weighted by Gasteiger charge is 2.17. The molecule has 2 aromatic heterocycles. The standard InChI is InChI=1S/C17H23NO2S/c1-3-16(12-19)18(11-15-6-8-21-13-15)10-14(2)9-17-5-4-7-20-17/h4-9,13,16,19H,3,10-12H2,1-2H3/b14-9+/t16-/m1/s1. The minimum absolute atomic E-state index is 0.185. The monoisotopic (exact) mass is 305 g/mol. The highest BCUT2D eigenvalue weighted by atomic mass is 32.1. The van der Waals surface area contributed by atoms with Crippen LogP contribution in [0.4, 0.5) is 0 Å². The summed E-state index contributed by atoms with van der Waals surface area (Å²) in [5, 5.41) is 13.9. The van der Waals surface area contributed by atoms with E-state index in [1.165, 1.54) is 11.1 Å². The molecule has 4 heteroatoms. The van der Waals surface area contributed by atoms with Crippen molar-refractivity contribution in [2.45, 2.75) is 32.9 Å². The number of rotatable bonds is 8. The molecule has 0 aliphatic carbocycles. The van der Waals surface area contributed by atoms with Gasteiger partial charge in [-0.15, -0.1) is 0 Å². The third kappa shape index (κ3) is 4.84. The zero-order chi connectivity index (χ0) is 15.1. The van der Waals surface area contributed by atoms with Crippen molar-refractivity contribution in [3.63, 3.8) is 0 Å². The Labute approximate surface area is 130 Å². The summed E-state index contributed by atoms with van der Waals surface area (Å²) in [6.07, 6.45) is 4.68. The summed E-state index contributed by atoms with van der Waals surface area (Å²) in [5.74, 6) is 0.875. The van der Waals surface area contributed by atoms with Crippen LogP contribution in [0, 0.1) is 0 Å². The Kier molecular flexibility index (Phi) is 6.23. The van der Waals surface area contributed by atoms with Crippen molar-refractivity contribution in [2.75, 3.05) is 13.2 Å². The van der Waals surface area contributed by atoms with Gasteiger partial charge in [0.1, 0.15) is 5.76 Å². The van der Waals surface area contributed by atoms with Crippen LogP contribution in [-0.4, -0.2) is 29.2 Å². The molecule has 21 heavy (non-hydrogen) atoms. The van der Waals surface area contributed by atoms with E-state index in [-0.39, 0.29) is 12.6 Å². The largest absolute Gasteiger partial charge is 0.465 e. The third-order valence-electron chi connectivity index (χ3n) is 3.55. The van der Waals surface area contributed by atoms with Gasteiger partial charge in [-0.25, -0.2) is 0 Å². The molecule has 0 radical (unpaired) electrons. The van der Waals surface area contributed by atoms with Crippen LogP contribution in [0.3, 0.4) is 0 Å². The Hall–Kier alpha value is -1.36. The minimum Gasteiger partial charge on any atom is -0.465 e. The second-order valence-electron chi connectivity index (χ2n) is 5.29. The normalized spacial score (nSPS) is 13.8. The lowest BCUT2D eigenvalue weighted by Gasteiger charge is -2.29. The van der Waals surface area contributed by atoms with Crippen LogP contribution in [0.5, 0.6) is 0 Å². The molecule has 0 saturated heterocycles. The number of furan rings is 1. The van der Waals surface area contributed by atoms with Crippen molar-refractivity contribution in [1.82, 2.24) is 4.90 Å². The van der Waals surface area contributed by atoms with Crippen molar-refractivity contribution < 1.29 is 9.52 Å². The van der Waals surface area contributed by atoms with E-state index >= 15 is 0 Å². The summed E-state index contributed by atoms with van der Waals surface area (Å²) in [7, 11) is 0. The van der Waals surface area contributed by atoms with Gasteiger partial charge in [0.05, 0.1) is 12.9 Å². The molecule has 0 aliphatic heterocycles. The smallest absolute Gasteiger partial charge is 0.126 e. The fraction of sp³-hybridized carbons (Fsp3) is 0.412. The first-order valence-corrected chi connectivity index (χ1v) is 8.24. The first kappa shape index (κ1) is 16.0. The van der Waals surface area contributed by atoms with Gasteiger partial charge < -0.3 is 9.52 Å². The molecule has 1 N–H and O–H groups in total. The van der Waals surface area contributed by atoms with Gasteiger partial charge in [0.2, 0.25) is 0 Å². The first-order valence-electron chi connectivity index (χ1n) is 7.29. The van der Waals surface area contributed by atoms with Crippen LogP contribution in [0.2, 0.25) is 0 Å². The van der Waals surface area contributed by atoms with Gasteiger partial charge in [0.25, 0.3) is 0 Å². The zero-order valence-corrected chi connectivity index (χ0v) is 13.5. The fourth-order valence-electron chi connectivity index (χ4n) is 2.42. The summed E-state index contributed by atoms with van der Waals surface area (Å²) >= 11 is 1.71. The molecule has 2 aromatic rings. The number of aliphatic hydroxyl groups is 1. The second kappa shape index (κ2) is 8.17. The van der Waals surface area contributed by atoms with Gasteiger partial charge in [0, 0.05) is 19.1 Å². The van der Waals surface area contributed by atoms with Gasteiger partial charge in [-0.3, -0.25) is 4.90 Å². The lowest BCUT2D eigenvalue weighted by atomic mass is 10.1. The van der Waals surface area contributed by atoms with Crippen molar-refractivity contribution in [2.24, 2.45) is 0 Å². The summed E-state index contributed by atoms with van der Waals surface area (Å²) in [5.41, 5.74) is 2.53. The molecule has 0 amide bonds. The molecular formula is C17H23NO2S. The average molecular weight is 305 g/mol. The number of hydrogen-bond donors (Lipinski definition) is 1. The van der Waals surface area contributed by atoms with E-state index in [4.69, 9.17) is 4.42 Å². The van der Waals surface area contributed by atoms with E-state index in [1.807, 2.05) is 12.1 Å². The van der Waals surface area contributed by atoms with Crippen LogP contribution >= 0.6 is 11.3 Å². The number of hydrogen-bond acceptors (Lipinski definition) is 4. The number of aliphatic hydroxyl groups excluding tert-OH is 1. The second-order valence-corrected chi connectivity index (χ2v) is 6.07. The van der Waals surface area contributed by atoms with Crippen molar-refractivity contribution in [1.29, 1.82) is 0 Å². The maximum absolute atomic E-state index is 9.62. The van der Waals surface area contributed by atoms with Gasteiger partial charge in [-0.2, -0.15) is 11.3 Å². The van der Waals surface area contributed by atoms with Crippen molar-refractivity contribution >= 4 is 17.4 Å². The predicted molar refractivity (Wildman–Crippen MR) is 88.3 cm³/mol. The van der Waals surface area contributed by atoms with E-state index in [0.29, 0.717) is 0 Å². The van der Waals surface area contributed by atoms with Gasteiger partial charge in [-0.1, -0.05) is 12.5 Å². The maximum atomic E-state index is 9.62. The Balaban J connectivity index is 2.07. The lowest BCUT2D eigenvalue weighted by molar-refractivity contribution is 0.122. The third-order valence-corrected chi connectivity index (χ3v) is 4.28. The van der Waals surface area contributed by atoms with Crippen molar-refractivity contribution in [3.8, 4) is 0 Å². The van der Waals surface area contributed by atoms with E-state index in [2.05, 4.69) is 41.6 Å². The molecule has 2 heterocycles. The Bertz CT molecular complexity index is 527. The van der Waals surface area contributed by atoms with E-state index in [0.717, 1.165) is 25.3 Å².